The largest absolute Gasteiger partial charge is 0.478 e. The Bertz CT molecular complexity index is 1140. The van der Waals surface area contributed by atoms with Crippen molar-refractivity contribution in [1.29, 1.82) is 0 Å². The molecule has 0 bridgehead atoms. The number of carbonyl (C=O) groups is 2. The summed E-state index contributed by atoms with van der Waals surface area (Å²) in [7, 11) is 0. The van der Waals surface area contributed by atoms with Gasteiger partial charge in [-0.15, -0.1) is 6.58 Å². The molecule has 0 unspecified atom stereocenters. The number of ether oxygens (including phenoxy) is 1. The second-order valence-electron chi connectivity index (χ2n) is 7.35. The molecule has 176 valence electrons. The first-order valence-electron chi connectivity index (χ1n) is 10.7. The molecule has 0 amide bonds. The maximum Gasteiger partial charge on any atom is 0.328 e. The van der Waals surface area contributed by atoms with Crippen LogP contribution in [0.25, 0.3) is 10.9 Å². The van der Waals surface area contributed by atoms with Gasteiger partial charge >= 0.3 is 11.9 Å². The molecule has 1 fully saturated rings. The molecule has 1 saturated heterocycles. The van der Waals surface area contributed by atoms with Crippen LogP contribution in [0.4, 0.5) is 5.95 Å². The predicted octanol–water partition coefficient (Wildman–Crippen LogP) is 3.44. The Morgan fingerprint density at radius 3 is 2.15 bits per heavy atom. The second kappa shape index (κ2) is 12.1. The van der Waals surface area contributed by atoms with Gasteiger partial charge in [0.05, 0.1) is 10.9 Å². The smallest absolute Gasteiger partial charge is 0.328 e. The minimum atomic E-state index is -1.26. The Balaban J connectivity index is 0.000000350. The maximum atomic E-state index is 9.55. The molecule has 3 aromatic rings. The number of para-hydroxylation sites is 2. The van der Waals surface area contributed by atoms with Crippen LogP contribution in [0.5, 0.6) is 11.6 Å². The van der Waals surface area contributed by atoms with Gasteiger partial charge < -0.3 is 19.8 Å². The highest BCUT2D eigenvalue weighted by Crippen LogP contribution is 2.29. The van der Waals surface area contributed by atoms with Crippen LogP contribution >= 0.6 is 0 Å². The van der Waals surface area contributed by atoms with Crippen molar-refractivity contribution in [3.05, 3.63) is 79.4 Å². The summed E-state index contributed by atoms with van der Waals surface area (Å²) in [6.07, 6.45) is 3.07. The van der Waals surface area contributed by atoms with Gasteiger partial charge in [-0.1, -0.05) is 36.4 Å². The third-order valence-electron chi connectivity index (χ3n) is 4.93. The Labute approximate surface area is 197 Å². The quantitative estimate of drug-likeness (QED) is 0.402. The molecule has 1 aliphatic rings. The number of carboxylic acid groups (broad SMARTS) is 2. The topological polar surface area (TPSA) is 116 Å². The molecule has 4 rings (SSSR count). The highest BCUT2D eigenvalue weighted by atomic mass is 16.5. The van der Waals surface area contributed by atoms with E-state index in [4.69, 9.17) is 24.9 Å². The summed E-state index contributed by atoms with van der Waals surface area (Å²) in [5.41, 5.74) is 0.900. The molecule has 0 radical (unpaired) electrons. The first kappa shape index (κ1) is 24.4. The molecular weight excluding hydrogens is 436 g/mol. The van der Waals surface area contributed by atoms with Gasteiger partial charge in [0.2, 0.25) is 11.8 Å². The van der Waals surface area contributed by atoms with Crippen LogP contribution in [-0.4, -0.2) is 69.7 Å². The normalized spacial score (nSPS) is 13.8. The van der Waals surface area contributed by atoms with E-state index in [0.717, 1.165) is 55.3 Å². The molecular formula is C25H26N4O5. The number of nitrogens with zero attached hydrogens (tertiary/aromatic N) is 4. The number of fused-ring (bicyclic) bond motifs is 1. The van der Waals surface area contributed by atoms with E-state index >= 15 is 0 Å². The lowest BCUT2D eigenvalue weighted by molar-refractivity contribution is -0.134. The van der Waals surface area contributed by atoms with Gasteiger partial charge in [0, 0.05) is 44.9 Å². The van der Waals surface area contributed by atoms with Crippen molar-refractivity contribution in [2.24, 2.45) is 0 Å². The highest BCUT2D eigenvalue weighted by molar-refractivity contribution is 5.89. The predicted molar refractivity (Wildman–Crippen MR) is 129 cm³/mol. The molecule has 2 N–H and O–H groups in total. The SMILES string of the molecule is C=CCN1CCN(c2nc(Oc3ccccc3)c3ccccc3n2)CC1.O=C(O)C=CC(=O)O. The van der Waals surface area contributed by atoms with Gasteiger partial charge in [0.1, 0.15) is 5.75 Å². The summed E-state index contributed by atoms with van der Waals surface area (Å²) in [6, 6.07) is 17.7. The number of anilines is 1. The van der Waals surface area contributed by atoms with Crippen LogP contribution in [-0.2, 0) is 9.59 Å². The number of aliphatic carboxylic acids is 2. The number of piperazine rings is 1. The van der Waals surface area contributed by atoms with Crippen molar-refractivity contribution in [1.82, 2.24) is 14.9 Å². The molecule has 2 aromatic carbocycles. The number of hydrogen-bond donors (Lipinski definition) is 2. The van der Waals surface area contributed by atoms with Crippen LogP contribution in [0.3, 0.4) is 0 Å². The van der Waals surface area contributed by atoms with Crippen LogP contribution in [0.1, 0.15) is 0 Å². The summed E-state index contributed by atoms with van der Waals surface area (Å²) in [5, 5.41) is 16.5. The Hall–Kier alpha value is -4.24. The summed E-state index contributed by atoms with van der Waals surface area (Å²) in [6.45, 7) is 8.51. The molecule has 0 saturated carbocycles. The van der Waals surface area contributed by atoms with Gasteiger partial charge in [0.25, 0.3) is 0 Å². The number of benzene rings is 2. The van der Waals surface area contributed by atoms with Crippen LogP contribution < -0.4 is 9.64 Å². The van der Waals surface area contributed by atoms with Gasteiger partial charge in [-0.2, -0.15) is 4.98 Å². The zero-order valence-electron chi connectivity index (χ0n) is 18.6. The average Bonchev–Trinajstić information content (AvgIpc) is 2.84. The Kier molecular flexibility index (Phi) is 8.70. The van der Waals surface area contributed by atoms with Crippen molar-refractivity contribution >= 4 is 28.8 Å². The zero-order chi connectivity index (χ0) is 24.3. The van der Waals surface area contributed by atoms with E-state index in [1.54, 1.807) is 0 Å². The fraction of sp³-hybridized carbons (Fsp3) is 0.200. The van der Waals surface area contributed by atoms with Crippen molar-refractivity contribution < 1.29 is 24.5 Å². The third kappa shape index (κ3) is 7.14. The van der Waals surface area contributed by atoms with E-state index in [1.807, 2.05) is 60.7 Å². The van der Waals surface area contributed by atoms with E-state index in [0.29, 0.717) is 18.0 Å². The molecule has 34 heavy (non-hydrogen) atoms. The van der Waals surface area contributed by atoms with Crippen molar-refractivity contribution in [3.8, 4) is 11.6 Å². The third-order valence-corrected chi connectivity index (χ3v) is 4.93. The minimum absolute atomic E-state index is 0.558. The van der Waals surface area contributed by atoms with Crippen molar-refractivity contribution in [2.45, 2.75) is 0 Å². The number of aromatic nitrogens is 2. The lowest BCUT2D eigenvalue weighted by Gasteiger charge is -2.34. The van der Waals surface area contributed by atoms with Gasteiger partial charge in [-0.25, -0.2) is 14.6 Å². The van der Waals surface area contributed by atoms with E-state index in [-0.39, 0.29) is 0 Å². The lowest BCUT2D eigenvalue weighted by atomic mass is 10.2. The van der Waals surface area contributed by atoms with Crippen LogP contribution in [0.2, 0.25) is 0 Å². The Morgan fingerprint density at radius 2 is 1.53 bits per heavy atom. The fourth-order valence-electron chi connectivity index (χ4n) is 3.31. The standard InChI is InChI=1S/C21H22N4O.C4H4O4/c1-2-12-24-13-15-25(16-14-24)21-22-19-11-7-6-10-18(19)20(23-21)26-17-8-4-3-5-9-17;5-3(6)1-2-4(7)8/h2-11H,1,12-16H2;1-2H,(H,5,6)(H,7,8). The van der Waals surface area contributed by atoms with Crippen molar-refractivity contribution in [3.63, 3.8) is 0 Å². The summed E-state index contributed by atoms with van der Waals surface area (Å²) >= 11 is 0. The fourth-order valence-corrected chi connectivity index (χ4v) is 3.31. The first-order valence-corrected chi connectivity index (χ1v) is 10.7. The zero-order valence-corrected chi connectivity index (χ0v) is 18.6. The van der Waals surface area contributed by atoms with Gasteiger partial charge in [-0.3, -0.25) is 4.90 Å². The summed E-state index contributed by atoms with van der Waals surface area (Å²) in [5.74, 6) is -0.406. The van der Waals surface area contributed by atoms with Gasteiger partial charge in [0.15, 0.2) is 0 Å². The lowest BCUT2D eigenvalue weighted by Crippen LogP contribution is -2.46. The molecule has 0 aliphatic carbocycles. The molecule has 1 aromatic heterocycles. The van der Waals surface area contributed by atoms with E-state index in [2.05, 4.69) is 16.4 Å². The van der Waals surface area contributed by atoms with E-state index < -0.39 is 11.9 Å². The number of hydrogen-bond acceptors (Lipinski definition) is 7. The molecule has 9 nitrogen and oxygen atoms in total. The second-order valence-corrected chi connectivity index (χ2v) is 7.35. The summed E-state index contributed by atoms with van der Waals surface area (Å²) in [4.78, 5) is 33.2. The molecule has 0 atom stereocenters. The summed E-state index contributed by atoms with van der Waals surface area (Å²) < 4.78 is 6.08. The van der Waals surface area contributed by atoms with Crippen molar-refractivity contribution in [2.75, 3.05) is 37.6 Å². The number of carboxylic acids is 2. The average molecular weight is 463 g/mol. The Morgan fingerprint density at radius 1 is 0.912 bits per heavy atom. The first-order chi connectivity index (χ1) is 16.5. The van der Waals surface area contributed by atoms with E-state index in [1.165, 1.54) is 0 Å². The molecule has 0 spiro atoms. The molecule has 9 heteroatoms. The van der Waals surface area contributed by atoms with E-state index in [9.17, 15) is 9.59 Å². The minimum Gasteiger partial charge on any atom is -0.478 e. The highest BCUT2D eigenvalue weighted by Gasteiger charge is 2.20. The van der Waals surface area contributed by atoms with Crippen LogP contribution in [0, 0.1) is 0 Å². The monoisotopic (exact) mass is 462 g/mol. The van der Waals surface area contributed by atoms with Gasteiger partial charge in [-0.05, 0) is 24.3 Å². The van der Waals surface area contributed by atoms with Crippen LogP contribution in [0.15, 0.2) is 79.4 Å². The number of rotatable bonds is 7. The molecule has 1 aliphatic heterocycles. The maximum absolute atomic E-state index is 9.55. The molecule has 2 heterocycles.